The van der Waals surface area contributed by atoms with E-state index in [0.29, 0.717) is 5.41 Å². The van der Waals surface area contributed by atoms with Crippen LogP contribution < -0.4 is 0 Å². The van der Waals surface area contributed by atoms with E-state index in [9.17, 15) is 0 Å². The lowest BCUT2D eigenvalue weighted by Gasteiger charge is -2.29. The summed E-state index contributed by atoms with van der Waals surface area (Å²) >= 11 is 7.10. The van der Waals surface area contributed by atoms with Gasteiger partial charge in [0.05, 0.1) is 0 Å². The summed E-state index contributed by atoms with van der Waals surface area (Å²) in [7, 11) is 0. The first-order chi connectivity index (χ1) is 7.15. The first kappa shape index (κ1) is 13.2. The second-order valence-electron chi connectivity index (χ2n) is 4.03. The lowest BCUT2D eigenvalue weighted by molar-refractivity contribution is 0.306. The monoisotopic (exact) mass is 333 g/mol. The lowest BCUT2D eigenvalue weighted by Crippen LogP contribution is -2.23. The number of nitrogens with zero attached hydrogens (tertiary/aromatic N) is 1. The highest BCUT2D eigenvalue weighted by molar-refractivity contribution is 9.10. The SMILES string of the molecule is CCC(CC)(CBr)Cc1cncc(Br)c1. The molecule has 84 valence electrons. The van der Waals surface area contributed by atoms with Crippen LogP contribution in [0.4, 0.5) is 0 Å². The van der Waals surface area contributed by atoms with E-state index in [2.05, 4.69) is 56.8 Å². The standard InChI is InChI=1S/C12H17Br2N/c1-3-12(4-2,9-13)6-10-5-11(14)8-15-7-10/h5,7-8H,3-4,6,9H2,1-2H3. The third-order valence-electron chi connectivity index (χ3n) is 3.12. The van der Waals surface area contributed by atoms with Gasteiger partial charge in [0.1, 0.15) is 0 Å². The molecule has 1 rings (SSSR count). The van der Waals surface area contributed by atoms with Gasteiger partial charge in [0, 0.05) is 22.2 Å². The predicted octanol–water partition coefficient (Wildman–Crippen LogP) is 4.59. The summed E-state index contributed by atoms with van der Waals surface area (Å²) in [6.45, 7) is 4.52. The molecular formula is C12H17Br2N. The van der Waals surface area contributed by atoms with Gasteiger partial charge in [0.15, 0.2) is 0 Å². The molecule has 1 aromatic rings. The number of hydrogen-bond acceptors (Lipinski definition) is 1. The largest absolute Gasteiger partial charge is 0.263 e. The fraction of sp³-hybridized carbons (Fsp3) is 0.583. The van der Waals surface area contributed by atoms with E-state index < -0.39 is 0 Å². The summed E-state index contributed by atoms with van der Waals surface area (Å²) in [6.07, 6.45) is 7.28. The molecule has 0 fully saturated rings. The molecule has 0 saturated heterocycles. The third-order valence-corrected chi connectivity index (χ3v) is 4.75. The molecular weight excluding hydrogens is 318 g/mol. The minimum atomic E-state index is 0.377. The molecule has 0 aliphatic carbocycles. The Labute approximate surface area is 109 Å². The van der Waals surface area contributed by atoms with E-state index in [4.69, 9.17) is 0 Å². The van der Waals surface area contributed by atoms with Crippen LogP contribution in [0.15, 0.2) is 22.9 Å². The Morgan fingerprint density at radius 2 is 1.93 bits per heavy atom. The van der Waals surface area contributed by atoms with Crippen molar-refractivity contribution in [2.75, 3.05) is 5.33 Å². The van der Waals surface area contributed by atoms with Crippen molar-refractivity contribution in [1.82, 2.24) is 4.98 Å². The Morgan fingerprint density at radius 1 is 1.27 bits per heavy atom. The summed E-state index contributed by atoms with van der Waals surface area (Å²) in [5, 5.41) is 1.06. The van der Waals surface area contributed by atoms with Gasteiger partial charge in [-0.1, -0.05) is 29.8 Å². The average molecular weight is 335 g/mol. The Hall–Kier alpha value is 0.110. The first-order valence-corrected chi connectivity index (χ1v) is 7.22. The molecule has 0 N–H and O–H groups in total. The second-order valence-corrected chi connectivity index (χ2v) is 5.51. The molecule has 0 radical (unpaired) electrons. The summed E-state index contributed by atoms with van der Waals surface area (Å²) in [6, 6.07) is 2.16. The normalized spacial score (nSPS) is 11.7. The van der Waals surface area contributed by atoms with Gasteiger partial charge in [-0.15, -0.1) is 0 Å². The van der Waals surface area contributed by atoms with Crippen LogP contribution in [0.2, 0.25) is 0 Å². The fourth-order valence-corrected chi connectivity index (χ4v) is 3.13. The van der Waals surface area contributed by atoms with Gasteiger partial charge in [0.25, 0.3) is 0 Å². The van der Waals surface area contributed by atoms with E-state index in [1.54, 1.807) is 0 Å². The van der Waals surface area contributed by atoms with Crippen LogP contribution in [0.1, 0.15) is 32.3 Å². The number of aromatic nitrogens is 1. The predicted molar refractivity (Wildman–Crippen MR) is 72.5 cm³/mol. The maximum Gasteiger partial charge on any atom is 0.0410 e. The molecule has 1 heterocycles. The average Bonchev–Trinajstić information content (AvgIpc) is 2.26. The van der Waals surface area contributed by atoms with Gasteiger partial charge in [-0.25, -0.2) is 0 Å². The van der Waals surface area contributed by atoms with Crippen LogP contribution in [0.3, 0.4) is 0 Å². The van der Waals surface area contributed by atoms with Gasteiger partial charge < -0.3 is 0 Å². The van der Waals surface area contributed by atoms with E-state index in [1.165, 1.54) is 18.4 Å². The fourth-order valence-electron chi connectivity index (χ4n) is 1.72. The van der Waals surface area contributed by atoms with Crippen LogP contribution in [0.25, 0.3) is 0 Å². The molecule has 0 atom stereocenters. The molecule has 1 aromatic heterocycles. The minimum Gasteiger partial charge on any atom is -0.263 e. The van der Waals surface area contributed by atoms with E-state index in [-0.39, 0.29) is 0 Å². The van der Waals surface area contributed by atoms with Crippen LogP contribution in [-0.4, -0.2) is 10.3 Å². The highest BCUT2D eigenvalue weighted by Crippen LogP contribution is 2.33. The third kappa shape index (κ3) is 3.56. The van der Waals surface area contributed by atoms with Crippen LogP contribution in [0, 0.1) is 5.41 Å². The quantitative estimate of drug-likeness (QED) is 0.718. The molecule has 3 heteroatoms. The number of halogens is 2. The van der Waals surface area contributed by atoms with Crippen molar-refractivity contribution >= 4 is 31.9 Å². The maximum absolute atomic E-state index is 4.21. The van der Waals surface area contributed by atoms with Gasteiger partial charge in [-0.2, -0.15) is 0 Å². The first-order valence-electron chi connectivity index (χ1n) is 5.31. The molecule has 0 aromatic carbocycles. The summed E-state index contributed by atoms with van der Waals surface area (Å²) < 4.78 is 1.07. The molecule has 15 heavy (non-hydrogen) atoms. The van der Waals surface area contributed by atoms with Gasteiger partial charge in [0.2, 0.25) is 0 Å². The van der Waals surface area contributed by atoms with Crippen molar-refractivity contribution in [1.29, 1.82) is 0 Å². The van der Waals surface area contributed by atoms with Crippen molar-refractivity contribution in [3.63, 3.8) is 0 Å². The summed E-state index contributed by atoms with van der Waals surface area (Å²) in [5.41, 5.74) is 1.69. The number of hydrogen-bond donors (Lipinski definition) is 0. The van der Waals surface area contributed by atoms with Gasteiger partial charge >= 0.3 is 0 Å². The maximum atomic E-state index is 4.21. The number of rotatable bonds is 5. The Morgan fingerprint density at radius 3 is 2.40 bits per heavy atom. The van der Waals surface area contributed by atoms with Gasteiger partial charge in [-0.05, 0) is 52.2 Å². The molecule has 0 spiro atoms. The van der Waals surface area contributed by atoms with Gasteiger partial charge in [-0.3, -0.25) is 4.98 Å². The molecule has 0 saturated carbocycles. The Kier molecular flexibility index (Phi) is 5.27. The zero-order valence-corrected chi connectivity index (χ0v) is 12.4. The van der Waals surface area contributed by atoms with Crippen LogP contribution >= 0.6 is 31.9 Å². The Bertz CT molecular complexity index is 300. The summed E-state index contributed by atoms with van der Waals surface area (Å²) in [4.78, 5) is 4.21. The van der Waals surface area contributed by atoms with E-state index in [0.717, 1.165) is 16.2 Å². The highest BCUT2D eigenvalue weighted by atomic mass is 79.9. The highest BCUT2D eigenvalue weighted by Gasteiger charge is 2.25. The molecule has 0 bridgehead atoms. The zero-order valence-electron chi connectivity index (χ0n) is 9.26. The number of pyridine rings is 1. The molecule has 0 aliphatic heterocycles. The van der Waals surface area contributed by atoms with Crippen molar-refractivity contribution in [3.05, 3.63) is 28.5 Å². The smallest absolute Gasteiger partial charge is 0.0410 e. The molecule has 1 nitrogen and oxygen atoms in total. The van der Waals surface area contributed by atoms with Crippen molar-refractivity contribution in [3.8, 4) is 0 Å². The van der Waals surface area contributed by atoms with E-state index >= 15 is 0 Å². The topological polar surface area (TPSA) is 12.9 Å². The lowest BCUT2D eigenvalue weighted by atomic mass is 9.79. The molecule has 0 aliphatic rings. The minimum absolute atomic E-state index is 0.377. The molecule has 0 unspecified atom stereocenters. The van der Waals surface area contributed by atoms with Crippen molar-refractivity contribution in [2.45, 2.75) is 33.1 Å². The molecule has 0 amide bonds. The van der Waals surface area contributed by atoms with Crippen LogP contribution in [-0.2, 0) is 6.42 Å². The van der Waals surface area contributed by atoms with E-state index in [1.807, 2.05) is 12.4 Å². The zero-order chi connectivity index (χ0) is 11.3. The van der Waals surface area contributed by atoms with Crippen LogP contribution in [0.5, 0.6) is 0 Å². The summed E-state index contributed by atoms with van der Waals surface area (Å²) in [5.74, 6) is 0. The van der Waals surface area contributed by atoms with Crippen molar-refractivity contribution in [2.24, 2.45) is 5.41 Å². The second kappa shape index (κ2) is 6.00. The number of alkyl halides is 1. The Balaban J connectivity index is 2.82. The van der Waals surface area contributed by atoms with Crippen molar-refractivity contribution < 1.29 is 0 Å².